The van der Waals surface area contributed by atoms with Crippen LogP contribution in [0.5, 0.6) is 0 Å². The van der Waals surface area contributed by atoms with E-state index in [1.54, 1.807) is 45.9 Å². The van der Waals surface area contributed by atoms with E-state index in [4.69, 9.17) is 4.42 Å². The number of hydrogen-bond donors (Lipinski definition) is 1. The predicted octanol–water partition coefficient (Wildman–Crippen LogP) is 1.00. The molecule has 1 saturated heterocycles. The number of rotatable bonds is 2. The van der Waals surface area contributed by atoms with Crippen molar-refractivity contribution in [3.8, 4) is 0 Å². The summed E-state index contributed by atoms with van der Waals surface area (Å²) in [5.74, 6) is 0.823. The standard InChI is InChI=1S/C14H17N5O3/c1-17-12(4-5-15-17)16-14(21)19-8-6-18(7-9-19)13(20)11-3-2-10-22-11/h2-5,10H,6-9H2,1H3,(H,16,21). The first kappa shape index (κ1) is 14.2. The molecule has 3 rings (SSSR count). The molecule has 3 amide bonds. The second-order valence-corrected chi connectivity index (χ2v) is 5.03. The lowest BCUT2D eigenvalue weighted by Gasteiger charge is -2.34. The van der Waals surface area contributed by atoms with Crippen molar-refractivity contribution < 1.29 is 14.0 Å². The summed E-state index contributed by atoms with van der Waals surface area (Å²) >= 11 is 0. The SMILES string of the molecule is Cn1nccc1NC(=O)N1CCN(C(=O)c2ccco2)CC1. The molecule has 1 aliphatic rings. The number of furan rings is 1. The Hall–Kier alpha value is -2.77. The van der Waals surface area contributed by atoms with Gasteiger partial charge in [-0.3, -0.25) is 14.8 Å². The van der Waals surface area contributed by atoms with E-state index < -0.39 is 0 Å². The Balaban J connectivity index is 1.54. The number of carbonyl (C=O) groups is 2. The van der Waals surface area contributed by atoms with Gasteiger partial charge in [-0.1, -0.05) is 0 Å². The van der Waals surface area contributed by atoms with E-state index in [-0.39, 0.29) is 11.9 Å². The van der Waals surface area contributed by atoms with Gasteiger partial charge < -0.3 is 14.2 Å². The number of aromatic nitrogens is 2. The van der Waals surface area contributed by atoms with Gasteiger partial charge in [-0.05, 0) is 12.1 Å². The quantitative estimate of drug-likeness (QED) is 0.897. The Morgan fingerprint density at radius 1 is 1.18 bits per heavy atom. The maximum Gasteiger partial charge on any atom is 0.323 e. The van der Waals surface area contributed by atoms with E-state index in [0.717, 1.165) is 0 Å². The average Bonchev–Trinajstić information content (AvgIpc) is 3.19. The highest BCUT2D eigenvalue weighted by atomic mass is 16.3. The second kappa shape index (κ2) is 5.92. The molecule has 0 spiro atoms. The van der Waals surface area contributed by atoms with Crippen LogP contribution in [0.1, 0.15) is 10.6 Å². The van der Waals surface area contributed by atoms with E-state index in [2.05, 4.69) is 10.4 Å². The number of anilines is 1. The molecule has 2 aromatic heterocycles. The van der Waals surface area contributed by atoms with Gasteiger partial charge in [-0.15, -0.1) is 0 Å². The van der Waals surface area contributed by atoms with Gasteiger partial charge in [0.15, 0.2) is 5.76 Å². The lowest BCUT2D eigenvalue weighted by atomic mass is 10.3. The third-order valence-corrected chi connectivity index (χ3v) is 3.64. The molecule has 0 saturated carbocycles. The molecule has 2 aromatic rings. The van der Waals surface area contributed by atoms with Crippen LogP contribution < -0.4 is 5.32 Å². The van der Waals surface area contributed by atoms with Crippen LogP contribution in [0.4, 0.5) is 10.6 Å². The Kier molecular flexibility index (Phi) is 3.82. The first-order valence-electron chi connectivity index (χ1n) is 7.02. The minimum atomic E-state index is -0.186. The number of piperazine rings is 1. The Labute approximate surface area is 127 Å². The molecule has 0 aliphatic carbocycles. The molecular formula is C14H17N5O3. The molecule has 3 heterocycles. The lowest BCUT2D eigenvalue weighted by molar-refractivity contribution is 0.0640. The van der Waals surface area contributed by atoms with Gasteiger partial charge in [-0.25, -0.2) is 4.79 Å². The topological polar surface area (TPSA) is 83.6 Å². The summed E-state index contributed by atoms with van der Waals surface area (Å²) in [6.07, 6.45) is 3.10. The van der Waals surface area contributed by atoms with Gasteiger partial charge in [0.25, 0.3) is 5.91 Å². The molecular weight excluding hydrogens is 286 g/mol. The minimum Gasteiger partial charge on any atom is -0.459 e. The maximum absolute atomic E-state index is 12.2. The fourth-order valence-corrected chi connectivity index (χ4v) is 2.35. The van der Waals surface area contributed by atoms with Gasteiger partial charge in [0.1, 0.15) is 5.82 Å². The lowest BCUT2D eigenvalue weighted by Crippen LogP contribution is -2.51. The number of amides is 3. The monoisotopic (exact) mass is 303 g/mol. The predicted molar refractivity (Wildman–Crippen MR) is 78.4 cm³/mol. The molecule has 0 bridgehead atoms. The van der Waals surface area contributed by atoms with Gasteiger partial charge in [-0.2, -0.15) is 5.10 Å². The molecule has 0 aromatic carbocycles. The molecule has 116 valence electrons. The minimum absolute atomic E-state index is 0.142. The zero-order chi connectivity index (χ0) is 15.5. The largest absolute Gasteiger partial charge is 0.459 e. The normalized spacial score (nSPS) is 15.0. The van der Waals surface area contributed by atoms with Crippen molar-refractivity contribution in [1.82, 2.24) is 19.6 Å². The van der Waals surface area contributed by atoms with Crippen LogP contribution in [0.2, 0.25) is 0 Å². The average molecular weight is 303 g/mol. The van der Waals surface area contributed by atoms with Crippen molar-refractivity contribution in [3.05, 3.63) is 36.4 Å². The number of aryl methyl sites for hydroxylation is 1. The van der Waals surface area contributed by atoms with Crippen molar-refractivity contribution in [3.63, 3.8) is 0 Å². The smallest absolute Gasteiger partial charge is 0.323 e. The number of nitrogens with one attached hydrogen (secondary N) is 1. The maximum atomic E-state index is 12.2. The molecule has 1 fully saturated rings. The van der Waals surface area contributed by atoms with Crippen molar-refractivity contribution >= 4 is 17.8 Å². The van der Waals surface area contributed by atoms with Crippen molar-refractivity contribution in [2.45, 2.75) is 0 Å². The fourth-order valence-electron chi connectivity index (χ4n) is 2.35. The van der Waals surface area contributed by atoms with Gasteiger partial charge in [0.05, 0.1) is 12.5 Å². The zero-order valence-corrected chi connectivity index (χ0v) is 12.2. The molecule has 0 atom stereocenters. The summed E-state index contributed by atoms with van der Waals surface area (Å²) in [5.41, 5.74) is 0. The van der Waals surface area contributed by atoms with Gasteiger partial charge >= 0.3 is 6.03 Å². The van der Waals surface area contributed by atoms with Gasteiger partial charge in [0.2, 0.25) is 0 Å². The van der Waals surface area contributed by atoms with E-state index >= 15 is 0 Å². The summed E-state index contributed by atoms with van der Waals surface area (Å²) in [5, 5.41) is 6.80. The zero-order valence-electron chi connectivity index (χ0n) is 12.2. The first-order valence-corrected chi connectivity index (χ1v) is 7.02. The third kappa shape index (κ3) is 2.80. The summed E-state index contributed by atoms with van der Waals surface area (Å²) in [4.78, 5) is 27.7. The Bertz CT molecular complexity index is 656. The summed E-state index contributed by atoms with van der Waals surface area (Å²) in [6.45, 7) is 1.93. The van der Waals surface area contributed by atoms with Crippen LogP contribution in [0.25, 0.3) is 0 Å². The van der Waals surface area contributed by atoms with Crippen LogP contribution in [0.15, 0.2) is 35.1 Å². The second-order valence-electron chi connectivity index (χ2n) is 5.03. The Morgan fingerprint density at radius 2 is 1.91 bits per heavy atom. The van der Waals surface area contributed by atoms with Crippen LogP contribution in [0, 0.1) is 0 Å². The van der Waals surface area contributed by atoms with E-state index in [0.29, 0.717) is 37.8 Å². The highest BCUT2D eigenvalue weighted by Gasteiger charge is 2.26. The molecule has 8 nitrogen and oxygen atoms in total. The van der Waals surface area contributed by atoms with E-state index in [1.165, 1.54) is 6.26 Å². The number of carbonyl (C=O) groups excluding carboxylic acids is 2. The fraction of sp³-hybridized carbons (Fsp3) is 0.357. The molecule has 0 radical (unpaired) electrons. The van der Waals surface area contributed by atoms with Crippen molar-refractivity contribution in [1.29, 1.82) is 0 Å². The van der Waals surface area contributed by atoms with E-state index in [9.17, 15) is 9.59 Å². The molecule has 1 N–H and O–H groups in total. The summed E-state index contributed by atoms with van der Waals surface area (Å²) in [7, 11) is 1.76. The number of hydrogen-bond acceptors (Lipinski definition) is 4. The number of nitrogens with zero attached hydrogens (tertiary/aromatic N) is 4. The third-order valence-electron chi connectivity index (χ3n) is 3.64. The summed E-state index contributed by atoms with van der Waals surface area (Å²) in [6, 6.07) is 4.87. The number of urea groups is 1. The molecule has 22 heavy (non-hydrogen) atoms. The van der Waals surface area contributed by atoms with Gasteiger partial charge in [0, 0.05) is 39.3 Å². The summed E-state index contributed by atoms with van der Waals surface area (Å²) < 4.78 is 6.70. The van der Waals surface area contributed by atoms with E-state index in [1.807, 2.05) is 0 Å². The molecule has 0 unspecified atom stereocenters. The van der Waals surface area contributed by atoms with Crippen molar-refractivity contribution in [2.24, 2.45) is 7.05 Å². The van der Waals surface area contributed by atoms with Crippen LogP contribution in [-0.2, 0) is 7.05 Å². The van der Waals surface area contributed by atoms with Crippen LogP contribution in [-0.4, -0.2) is 57.7 Å². The molecule has 8 heteroatoms. The highest BCUT2D eigenvalue weighted by molar-refractivity contribution is 5.92. The molecule has 1 aliphatic heterocycles. The van der Waals surface area contributed by atoms with Crippen LogP contribution in [0.3, 0.4) is 0 Å². The first-order chi connectivity index (χ1) is 10.6. The van der Waals surface area contributed by atoms with Crippen molar-refractivity contribution in [2.75, 3.05) is 31.5 Å². The van der Waals surface area contributed by atoms with Crippen LogP contribution >= 0.6 is 0 Å². The Morgan fingerprint density at radius 3 is 2.50 bits per heavy atom. The highest BCUT2D eigenvalue weighted by Crippen LogP contribution is 2.11.